The Bertz CT molecular complexity index is 1040. The van der Waals surface area contributed by atoms with Gasteiger partial charge in [0.15, 0.2) is 0 Å². The predicted octanol–water partition coefficient (Wildman–Crippen LogP) is 5.41. The maximum absolute atomic E-state index is 13.0. The van der Waals surface area contributed by atoms with Crippen molar-refractivity contribution >= 4 is 23.7 Å². The molecule has 1 amide bonds. The van der Waals surface area contributed by atoms with E-state index in [9.17, 15) is 4.79 Å². The molecule has 1 fully saturated rings. The molecule has 0 bridgehead atoms. The lowest BCUT2D eigenvalue weighted by atomic mass is 9.84. The number of hydrogen-bond donors (Lipinski definition) is 1. The van der Waals surface area contributed by atoms with Crippen molar-refractivity contribution in [3.8, 4) is 0 Å². The van der Waals surface area contributed by atoms with E-state index in [1.54, 1.807) is 12.3 Å². The molecule has 3 aromatic rings. The monoisotopic (exact) mass is 402 g/mol. The average Bonchev–Trinajstić information content (AvgIpc) is 3.47. The molecule has 29 heavy (non-hydrogen) atoms. The third kappa shape index (κ3) is 3.83. The maximum atomic E-state index is 13.0. The maximum Gasteiger partial charge on any atom is 0.244 e. The Hall–Kier alpha value is -2.91. The van der Waals surface area contributed by atoms with Crippen LogP contribution >= 0.6 is 11.6 Å². The van der Waals surface area contributed by atoms with Crippen molar-refractivity contribution < 1.29 is 4.79 Å². The molecule has 1 aliphatic rings. The highest BCUT2D eigenvalue weighted by Gasteiger charge is 2.60. The average molecular weight is 403 g/mol. The Morgan fingerprint density at radius 1 is 1.00 bits per heavy atom. The minimum absolute atomic E-state index is 0.0729. The van der Waals surface area contributed by atoms with Gasteiger partial charge in [-0.15, -0.1) is 0 Å². The minimum atomic E-state index is -0.304. The van der Waals surface area contributed by atoms with Gasteiger partial charge in [0.05, 0.1) is 12.1 Å². The van der Waals surface area contributed by atoms with Crippen molar-refractivity contribution in [3.63, 3.8) is 0 Å². The number of nitrogens with one attached hydrogen (secondary N) is 1. The number of nitrogens with zero attached hydrogens (tertiary/aromatic N) is 1. The number of hydrazone groups is 1. The topological polar surface area (TPSA) is 41.5 Å². The summed E-state index contributed by atoms with van der Waals surface area (Å²) >= 11 is 6.15. The predicted molar refractivity (Wildman–Crippen MR) is 118 cm³/mol. The van der Waals surface area contributed by atoms with Crippen LogP contribution in [0.5, 0.6) is 0 Å². The van der Waals surface area contributed by atoms with Crippen molar-refractivity contribution in [3.05, 3.63) is 106 Å². The first-order valence-electron chi connectivity index (χ1n) is 9.72. The number of carbonyl (C=O) groups is 1. The normalized spacial score (nSPS) is 17.3. The molecule has 1 unspecified atom stereocenters. The first-order chi connectivity index (χ1) is 14.0. The summed E-state index contributed by atoms with van der Waals surface area (Å²) in [6.45, 7) is 4.16. The quantitative estimate of drug-likeness (QED) is 0.449. The fourth-order valence-electron chi connectivity index (χ4n) is 4.05. The minimum Gasteiger partial charge on any atom is -0.273 e. The highest BCUT2D eigenvalue weighted by molar-refractivity contribution is 6.33. The van der Waals surface area contributed by atoms with Crippen LogP contribution in [-0.4, -0.2) is 12.1 Å². The Balaban J connectivity index is 1.60. The van der Waals surface area contributed by atoms with Crippen molar-refractivity contribution in [1.29, 1.82) is 0 Å². The molecule has 3 aromatic carbocycles. The second-order valence-electron chi connectivity index (χ2n) is 7.72. The molecule has 0 saturated heterocycles. The van der Waals surface area contributed by atoms with Crippen LogP contribution < -0.4 is 5.43 Å². The molecule has 1 atom stereocenters. The second kappa shape index (κ2) is 7.84. The molecule has 0 aromatic heterocycles. The van der Waals surface area contributed by atoms with Gasteiger partial charge in [0, 0.05) is 16.0 Å². The number of halogens is 1. The number of benzene rings is 3. The molecule has 0 heterocycles. The van der Waals surface area contributed by atoms with Gasteiger partial charge >= 0.3 is 0 Å². The lowest BCUT2D eigenvalue weighted by Crippen LogP contribution is -2.25. The van der Waals surface area contributed by atoms with Gasteiger partial charge in [0.2, 0.25) is 5.91 Å². The van der Waals surface area contributed by atoms with Crippen LogP contribution in [0.2, 0.25) is 5.02 Å². The molecule has 1 saturated carbocycles. The molecule has 146 valence electrons. The summed E-state index contributed by atoms with van der Waals surface area (Å²) < 4.78 is 0. The van der Waals surface area contributed by atoms with Crippen molar-refractivity contribution in [2.45, 2.75) is 25.7 Å². The zero-order chi connectivity index (χ0) is 20.4. The molecule has 1 N–H and O–H groups in total. The smallest absolute Gasteiger partial charge is 0.244 e. The Morgan fingerprint density at radius 3 is 2.21 bits per heavy atom. The molecule has 0 radical (unpaired) electrons. The number of aryl methyl sites for hydroxylation is 2. The number of carbonyl (C=O) groups excluding carboxylic acids is 1. The Labute approximate surface area is 176 Å². The third-order valence-corrected chi connectivity index (χ3v) is 5.97. The summed E-state index contributed by atoms with van der Waals surface area (Å²) in [5.74, 6) is -0.231. The summed E-state index contributed by atoms with van der Waals surface area (Å²) in [5.41, 5.74) is 7.93. The van der Waals surface area contributed by atoms with Gasteiger partial charge in [-0.05, 0) is 37.5 Å². The van der Waals surface area contributed by atoms with E-state index < -0.39 is 0 Å². The van der Waals surface area contributed by atoms with E-state index in [1.165, 1.54) is 22.3 Å². The molecular weight excluding hydrogens is 380 g/mol. The fraction of sp³-hybridized carbons (Fsp3) is 0.200. The van der Waals surface area contributed by atoms with Crippen LogP contribution in [0.3, 0.4) is 0 Å². The van der Waals surface area contributed by atoms with E-state index in [0.29, 0.717) is 5.02 Å². The largest absolute Gasteiger partial charge is 0.273 e. The number of hydrogen-bond acceptors (Lipinski definition) is 2. The van der Waals surface area contributed by atoms with Crippen molar-refractivity contribution in [2.75, 3.05) is 0 Å². The summed E-state index contributed by atoms with van der Waals surface area (Å²) in [5, 5.41) is 4.75. The van der Waals surface area contributed by atoms with E-state index in [0.717, 1.165) is 12.0 Å². The fourth-order valence-corrected chi connectivity index (χ4v) is 4.24. The van der Waals surface area contributed by atoms with Crippen LogP contribution in [0, 0.1) is 19.8 Å². The molecular formula is C25H23ClN2O. The van der Waals surface area contributed by atoms with E-state index >= 15 is 0 Å². The van der Waals surface area contributed by atoms with E-state index in [2.05, 4.69) is 72.9 Å². The van der Waals surface area contributed by atoms with E-state index in [4.69, 9.17) is 11.6 Å². The summed E-state index contributed by atoms with van der Waals surface area (Å²) in [6.07, 6.45) is 2.36. The first kappa shape index (κ1) is 19.4. The van der Waals surface area contributed by atoms with E-state index in [-0.39, 0.29) is 17.2 Å². The molecule has 4 rings (SSSR count). The zero-order valence-electron chi connectivity index (χ0n) is 16.5. The van der Waals surface area contributed by atoms with Crippen LogP contribution in [0.1, 0.15) is 34.2 Å². The number of rotatable bonds is 5. The Morgan fingerprint density at radius 2 is 1.62 bits per heavy atom. The molecule has 3 nitrogen and oxygen atoms in total. The molecule has 1 aliphatic carbocycles. The summed E-state index contributed by atoms with van der Waals surface area (Å²) in [4.78, 5) is 13.0. The summed E-state index contributed by atoms with van der Waals surface area (Å²) in [7, 11) is 0. The van der Waals surface area contributed by atoms with Gasteiger partial charge in [-0.1, -0.05) is 89.5 Å². The van der Waals surface area contributed by atoms with Crippen LogP contribution in [0.4, 0.5) is 0 Å². The van der Waals surface area contributed by atoms with Gasteiger partial charge in [-0.2, -0.15) is 5.10 Å². The standard InChI is InChI=1S/C25H23ClN2O/c1-17-7-5-10-20(13-17)25(21-11-6-8-18(2)14-21)15-22(25)24(29)28-27-16-19-9-3-4-12-23(19)26/h3-14,16,22H,15H2,1-2H3,(H,28,29). The van der Waals surface area contributed by atoms with Crippen molar-refractivity contribution in [2.24, 2.45) is 11.0 Å². The zero-order valence-corrected chi connectivity index (χ0v) is 17.3. The van der Waals surface area contributed by atoms with Gasteiger partial charge in [-0.25, -0.2) is 5.43 Å². The van der Waals surface area contributed by atoms with E-state index in [1.807, 2.05) is 18.2 Å². The highest BCUT2D eigenvalue weighted by atomic mass is 35.5. The third-order valence-electron chi connectivity index (χ3n) is 5.63. The van der Waals surface area contributed by atoms with Crippen molar-refractivity contribution in [1.82, 2.24) is 5.43 Å². The molecule has 4 heteroatoms. The van der Waals surface area contributed by atoms with Crippen LogP contribution in [0.25, 0.3) is 0 Å². The van der Waals surface area contributed by atoms with Gasteiger partial charge in [0.1, 0.15) is 0 Å². The van der Waals surface area contributed by atoms with Crippen LogP contribution in [0.15, 0.2) is 77.9 Å². The number of amides is 1. The summed E-state index contributed by atoms with van der Waals surface area (Å²) in [6, 6.07) is 24.3. The molecule has 0 aliphatic heterocycles. The van der Waals surface area contributed by atoms with Crippen LogP contribution in [-0.2, 0) is 10.2 Å². The SMILES string of the molecule is Cc1cccc(C2(c3cccc(C)c3)CC2C(=O)NN=Cc2ccccc2Cl)c1. The highest BCUT2D eigenvalue weighted by Crippen LogP contribution is 2.59. The van der Waals surface area contributed by atoms with Gasteiger partial charge < -0.3 is 0 Å². The van der Waals surface area contributed by atoms with Gasteiger partial charge in [0.25, 0.3) is 0 Å². The molecule has 0 spiro atoms. The first-order valence-corrected chi connectivity index (χ1v) is 10.1. The lowest BCUT2D eigenvalue weighted by molar-refractivity contribution is -0.122. The van der Waals surface area contributed by atoms with Gasteiger partial charge in [-0.3, -0.25) is 4.79 Å². The second-order valence-corrected chi connectivity index (χ2v) is 8.13. The lowest BCUT2D eigenvalue weighted by Gasteiger charge is -2.19. The Kier molecular flexibility index (Phi) is 5.25.